The number of hydrogen-bond donors (Lipinski definition) is 1. The zero-order chi connectivity index (χ0) is 10.3. The fraction of sp³-hybridized carbons (Fsp3) is 0.455. The highest BCUT2D eigenvalue weighted by Gasteiger charge is 2.20. The van der Waals surface area contributed by atoms with E-state index < -0.39 is 0 Å². The third-order valence-electron chi connectivity index (χ3n) is 2.54. The van der Waals surface area contributed by atoms with E-state index >= 15 is 0 Å². The highest BCUT2D eigenvalue weighted by molar-refractivity contribution is 6.34. The number of halogens is 1. The lowest BCUT2D eigenvalue weighted by atomic mass is 10.1. The molecule has 1 N–H and O–H groups in total. The van der Waals surface area contributed by atoms with Crippen molar-refractivity contribution in [3.05, 3.63) is 22.7 Å². The van der Waals surface area contributed by atoms with Gasteiger partial charge in [-0.05, 0) is 31.5 Å². The standard InChI is InChI=1S/C11H15ClN2/c1-7-4-9(12)11-10(5-7)13-8(2)6-14(11)3/h4-5,8,13H,6H2,1-3H3. The van der Waals surface area contributed by atoms with E-state index in [1.54, 1.807) is 0 Å². The lowest BCUT2D eigenvalue weighted by Crippen LogP contribution is -2.37. The summed E-state index contributed by atoms with van der Waals surface area (Å²) in [6.07, 6.45) is 0. The van der Waals surface area contributed by atoms with Gasteiger partial charge in [-0.15, -0.1) is 0 Å². The van der Waals surface area contributed by atoms with Crippen LogP contribution in [0.25, 0.3) is 0 Å². The van der Waals surface area contributed by atoms with Crippen molar-refractivity contribution < 1.29 is 0 Å². The molecule has 1 unspecified atom stereocenters. The summed E-state index contributed by atoms with van der Waals surface area (Å²) in [6, 6.07) is 4.63. The molecular formula is C11H15ClN2. The molecule has 1 atom stereocenters. The van der Waals surface area contributed by atoms with E-state index in [9.17, 15) is 0 Å². The highest BCUT2D eigenvalue weighted by atomic mass is 35.5. The molecule has 1 heterocycles. The van der Waals surface area contributed by atoms with Crippen LogP contribution in [0.2, 0.25) is 5.02 Å². The fourth-order valence-corrected chi connectivity index (χ4v) is 2.46. The van der Waals surface area contributed by atoms with Crippen LogP contribution in [0.3, 0.4) is 0 Å². The van der Waals surface area contributed by atoms with Gasteiger partial charge in [0.1, 0.15) is 0 Å². The summed E-state index contributed by atoms with van der Waals surface area (Å²) < 4.78 is 0. The first-order valence-electron chi connectivity index (χ1n) is 4.86. The molecule has 0 aliphatic carbocycles. The second-order valence-electron chi connectivity index (χ2n) is 4.07. The maximum Gasteiger partial charge on any atom is 0.0789 e. The molecule has 0 fully saturated rings. The van der Waals surface area contributed by atoms with Gasteiger partial charge in [0.25, 0.3) is 0 Å². The Bertz CT molecular complexity index is 363. The second-order valence-corrected chi connectivity index (χ2v) is 4.48. The minimum atomic E-state index is 0.477. The number of nitrogens with zero attached hydrogens (tertiary/aromatic N) is 1. The predicted molar refractivity (Wildman–Crippen MR) is 62.5 cm³/mol. The van der Waals surface area contributed by atoms with Crippen molar-refractivity contribution in [3.63, 3.8) is 0 Å². The molecule has 1 aliphatic rings. The van der Waals surface area contributed by atoms with Gasteiger partial charge in [0.05, 0.1) is 16.4 Å². The molecule has 0 amide bonds. The van der Waals surface area contributed by atoms with Gasteiger partial charge < -0.3 is 10.2 Å². The molecule has 1 aromatic rings. The molecule has 0 aromatic heterocycles. The molecule has 0 saturated heterocycles. The third-order valence-corrected chi connectivity index (χ3v) is 2.83. The number of rotatable bonds is 0. The number of nitrogens with one attached hydrogen (secondary N) is 1. The Morgan fingerprint density at radius 3 is 2.93 bits per heavy atom. The van der Waals surface area contributed by atoms with Crippen LogP contribution in [0.4, 0.5) is 11.4 Å². The Kier molecular flexibility index (Phi) is 2.31. The molecule has 0 saturated carbocycles. The van der Waals surface area contributed by atoms with Crippen LogP contribution in [-0.2, 0) is 0 Å². The lowest BCUT2D eigenvalue weighted by Gasteiger charge is -2.34. The van der Waals surface area contributed by atoms with Crippen molar-refractivity contribution in [1.82, 2.24) is 0 Å². The number of likely N-dealkylation sites (N-methyl/N-ethyl adjacent to an activating group) is 1. The summed E-state index contributed by atoms with van der Waals surface area (Å²) in [5.74, 6) is 0. The Balaban J connectivity index is 2.53. The molecule has 14 heavy (non-hydrogen) atoms. The maximum absolute atomic E-state index is 6.21. The summed E-state index contributed by atoms with van der Waals surface area (Å²) in [7, 11) is 2.08. The Hall–Kier alpha value is -0.890. The van der Waals surface area contributed by atoms with Gasteiger partial charge in [-0.25, -0.2) is 0 Å². The number of anilines is 2. The van der Waals surface area contributed by atoms with E-state index in [0.29, 0.717) is 6.04 Å². The van der Waals surface area contributed by atoms with Gasteiger partial charge in [0.15, 0.2) is 0 Å². The van der Waals surface area contributed by atoms with Gasteiger partial charge >= 0.3 is 0 Å². The largest absolute Gasteiger partial charge is 0.379 e. The zero-order valence-electron chi connectivity index (χ0n) is 8.76. The van der Waals surface area contributed by atoms with Crippen LogP contribution in [0, 0.1) is 6.92 Å². The van der Waals surface area contributed by atoms with Crippen LogP contribution < -0.4 is 10.2 Å². The second kappa shape index (κ2) is 3.35. The molecule has 0 radical (unpaired) electrons. The molecule has 1 aliphatic heterocycles. The first-order valence-corrected chi connectivity index (χ1v) is 5.23. The van der Waals surface area contributed by atoms with Crippen molar-refractivity contribution >= 4 is 23.0 Å². The van der Waals surface area contributed by atoms with Crippen molar-refractivity contribution in [2.45, 2.75) is 19.9 Å². The smallest absolute Gasteiger partial charge is 0.0789 e. The fourth-order valence-electron chi connectivity index (χ4n) is 2.05. The topological polar surface area (TPSA) is 15.3 Å². The van der Waals surface area contributed by atoms with Crippen LogP contribution in [0.15, 0.2) is 12.1 Å². The van der Waals surface area contributed by atoms with Crippen molar-refractivity contribution in [3.8, 4) is 0 Å². The van der Waals surface area contributed by atoms with Gasteiger partial charge in [-0.3, -0.25) is 0 Å². The van der Waals surface area contributed by atoms with Crippen LogP contribution >= 0.6 is 11.6 Å². The number of benzene rings is 1. The molecule has 0 spiro atoms. The number of hydrogen-bond acceptors (Lipinski definition) is 2. The van der Waals surface area contributed by atoms with Gasteiger partial charge in [0.2, 0.25) is 0 Å². The number of fused-ring (bicyclic) bond motifs is 1. The van der Waals surface area contributed by atoms with E-state index in [1.807, 2.05) is 6.07 Å². The summed E-state index contributed by atoms with van der Waals surface area (Å²) >= 11 is 6.21. The van der Waals surface area contributed by atoms with E-state index in [4.69, 9.17) is 11.6 Å². The minimum absolute atomic E-state index is 0.477. The van der Waals surface area contributed by atoms with Gasteiger partial charge in [0, 0.05) is 19.6 Å². The average molecular weight is 211 g/mol. The van der Waals surface area contributed by atoms with Crippen molar-refractivity contribution in [2.75, 3.05) is 23.8 Å². The van der Waals surface area contributed by atoms with E-state index in [1.165, 1.54) is 5.56 Å². The van der Waals surface area contributed by atoms with E-state index in [2.05, 4.69) is 37.2 Å². The summed E-state index contributed by atoms with van der Waals surface area (Å²) in [5.41, 5.74) is 3.47. The first-order chi connectivity index (χ1) is 6.58. The number of aryl methyl sites for hydroxylation is 1. The SMILES string of the molecule is Cc1cc(Cl)c2c(c1)NC(C)CN2C. The Morgan fingerprint density at radius 1 is 1.50 bits per heavy atom. The first kappa shape index (κ1) is 9.66. The summed E-state index contributed by atoms with van der Waals surface area (Å²) in [6.45, 7) is 5.23. The van der Waals surface area contributed by atoms with Crippen LogP contribution in [-0.4, -0.2) is 19.6 Å². The summed E-state index contributed by atoms with van der Waals surface area (Å²) in [4.78, 5) is 2.21. The minimum Gasteiger partial charge on any atom is -0.379 e. The molecule has 2 nitrogen and oxygen atoms in total. The molecular weight excluding hydrogens is 196 g/mol. The Labute approximate surface area is 89.9 Å². The van der Waals surface area contributed by atoms with Crippen LogP contribution in [0.1, 0.15) is 12.5 Å². The van der Waals surface area contributed by atoms with Crippen molar-refractivity contribution in [2.24, 2.45) is 0 Å². The van der Waals surface area contributed by atoms with Gasteiger partial charge in [-0.1, -0.05) is 11.6 Å². The predicted octanol–water partition coefficient (Wildman–Crippen LogP) is 2.90. The maximum atomic E-state index is 6.21. The quantitative estimate of drug-likeness (QED) is 0.709. The average Bonchev–Trinajstić information content (AvgIpc) is 1.99. The van der Waals surface area contributed by atoms with E-state index in [-0.39, 0.29) is 0 Å². The molecule has 3 heteroatoms. The molecule has 76 valence electrons. The molecule has 1 aromatic carbocycles. The Morgan fingerprint density at radius 2 is 2.21 bits per heavy atom. The third kappa shape index (κ3) is 1.55. The normalized spacial score (nSPS) is 20.3. The molecule has 0 bridgehead atoms. The van der Waals surface area contributed by atoms with Gasteiger partial charge in [-0.2, -0.15) is 0 Å². The van der Waals surface area contributed by atoms with Crippen LogP contribution in [0.5, 0.6) is 0 Å². The molecule has 2 rings (SSSR count). The van der Waals surface area contributed by atoms with Crippen molar-refractivity contribution in [1.29, 1.82) is 0 Å². The van der Waals surface area contributed by atoms with E-state index in [0.717, 1.165) is 22.9 Å². The zero-order valence-corrected chi connectivity index (χ0v) is 9.52. The lowest BCUT2D eigenvalue weighted by molar-refractivity contribution is 0.738. The summed E-state index contributed by atoms with van der Waals surface area (Å²) in [5, 5.41) is 4.28. The highest BCUT2D eigenvalue weighted by Crippen LogP contribution is 2.37. The monoisotopic (exact) mass is 210 g/mol.